The third-order valence-electron chi connectivity index (χ3n) is 1.37. The van der Waals surface area contributed by atoms with Gasteiger partial charge in [-0.05, 0) is 33.0 Å². The summed E-state index contributed by atoms with van der Waals surface area (Å²) in [6, 6.07) is 0. The molecular weight excluding hydrogens is 172 g/mol. The summed E-state index contributed by atoms with van der Waals surface area (Å²) in [6.45, 7) is 5.46. The highest BCUT2D eigenvalue weighted by Gasteiger charge is 2.19. The highest BCUT2D eigenvalue weighted by molar-refractivity contribution is 7.80. The lowest BCUT2D eigenvalue weighted by atomic mass is 9.99. The van der Waals surface area contributed by atoms with Crippen molar-refractivity contribution in [3.8, 4) is 0 Å². The van der Waals surface area contributed by atoms with Crippen molar-refractivity contribution in [3.63, 3.8) is 0 Å². The van der Waals surface area contributed by atoms with Crippen molar-refractivity contribution in [2.45, 2.75) is 32.7 Å². The van der Waals surface area contributed by atoms with Crippen LogP contribution in [0, 0.1) is 0 Å². The summed E-state index contributed by atoms with van der Waals surface area (Å²) in [5.74, 6) is 0.159. The van der Waals surface area contributed by atoms with Crippen molar-refractivity contribution < 1.29 is 4.79 Å². The second-order valence-corrected chi connectivity index (χ2v) is 3.88. The van der Waals surface area contributed by atoms with Crippen molar-refractivity contribution in [1.29, 1.82) is 0 Å². The number of carbonyl (C=O) groups excluding carboxylic acids is 1. The first-order valence-electron chi connectivity index (χ1n) is 3.87. The molecule has 0 saturated carbocycles. The number of hydrogen-bond acceptors (Lipinski definition) is 2. The summed E-state index contributed by atoms with van der Waals surface area (Å²) >= 11 is 4.92. The predicted octanol–water partition coefficient (Wildman–Crippen LogP) is 0.838. The Morgan fingerprint density at radius 2 is 2.00 bits per heavy atom. The van der Waals surface area contributed by atoms with Crippen LogP contribution >= 0.6 is 12.2 Å². The van der Waals surface area contributed by atoms with E-state index in [-0.39, 0.29) is 11.3 Å². The second kappa shape index (κ2) is 4.40. The predicted molar refractivity (Wildman–Crippen MR) is 54.2 cm³/mol. The van der Waals surface area contributed by atoms with E-state index in [0.29, 0.717) is 11.5 Å². The number of carbonyl (C=O) groups is 1. The molecule has 0 unspecified atom stereocenters. The number of rotatable bonds is 3. The third kappa shape index (κ3) is 5.07. The smallest absolute Gasteiger partial charge is 0.166 e. The molecule has 0 aromatic heterocycles. The quantitative estimate of drug-likeness (QED) is 0.644. The van der Waals surface area contributed by atoms with Gasteiger partial charge in [0.25, 0.3) is 0 Å². The molecule has 0 spiro atoms. The highest BCUT2D eigenvalue weighted by Crippen LogP contribution is 2.07. The zero-order valence-electron chi connectivity index (χ0n) is 8.02. The molecule has 3 nitrogen and oxygen atoms in total. The van der Waals surface area contributed by atoms with Crippen LogP contribution in [0.15, 0.2) is 0 Å². The topological polar surface area (TPSA) is 41.1 Å². The molecule has 0 rings (SSSR count). The van der Waals surface area contributed by atoms with Crippen LogP contribution in [0.5, 0.6) is 0 Å². The Morgan fingerprint density at radius 3 is 2.33 bits per heavy atom. The maximum Gasteiger partial charge on any atom is 0.166 e. The van der Waals surface area contributed by atoms with Crippen LogP contribution in [0.3, 0.4) is 0 Å². The lowest BCUT2D eigenvalue weighted by Crippen LogP contribution is -2.48. The fraction of sp³-hybridized carbons (Fsp3) is 0.750. The normalized spacial score (nSPS) is 10.7. The van der Waals surface area contributed by atoms with Crippen LogP contribution < -0.4 is 10.6 Å². The minimum absolute atomic E-state index is 0.159. The summed E-state index contributed by atoms with van der Waals surface area (Å²) in [6.07, 6.45) is 0.481. The van der Waals surface area contributed by atoms with E-state index in [9.17, 15) is 4.79 Å². The zero-order valence-corrected chi connectivity index (χ0v) is 8.84. The van der Waals surface area contributed by atoms with E-state index in [1.54, 1.807) is 14.0 Å². The van der Waals surface area contributed by atoms with Crippen molar-refractivity contribution in [3.05, 3.63) is 0 Å². The van der Waals surface area contributed by atoms with Gasteiger partial charge >= 0.3 is 0 Å². The molecule has 0 aliphatic rings. The third-order valence-corrected chi connectivity index (χ3v) is 1.68. The van der Waals surface area contributed by atoms with Gasteiger partial charge in [0, 0.05) is 19.0 Å². The second-order valence-electron chi connectivity index (χ2n) is 3.47. The number of ketones is 1. The zero-order chi connectivity index (χ0) is 9.78. The molecule has 70 valence electrons. The molecule has 0 heterocycles. The molecule has 0 aliphatic carbocycles. The van der Waals surface area contributed by atoms with Crippen molar-refractivity contribution in [1.82, 2.24) is 10.6 Å². The lowest BCUT2D eigenvalue weighted by Gasteiger charge is -2.26. The van der Waals surface area contributed by atoms with Crippen molar-refractivity contribution >= 4 is 23.1 Å². The van der Waals surface area contributed by atoms with E-state index < -0.39 is 0 Å². The summed E-state index contributed by atoms with van der Waals surface area (Å²) in [5.41, 5.74) is -0.258. The average molecular weight is 188 g/mol. The standard InChI is InChI=1S/C8H16N2OS/c1-6(11)5-8(2,3)10-7(12)9-4/h5H2,1-4H3,(H2,9,10,12). The van der Waals surface area contributed by atoms with Gasteiger partial charge in [-0.1, -0.05) is 0 Å². The van der Waals surface area contributed by atoms with Crippen LogP contribution in [0.25, 0.3) is 0 Å². The van der Waals surface area contributed by atoms with Gasteiger partial charge in [-0.15, -0.1) is 0 Å². The molecule has 2 N–H and O–H groups in total. The fourth-order valence-corrected chi connectivity index (χ4v) is 1.31. The Labute approximate surface area is 78.9 Å². The Morgan fingerprint density at radius 1 is 1.50 bits per heavy atom. The van der Waals surface area contributed by atoms with Gasteiger partial charge in [-0.2, -0.15) is 0 Å². The molecule has 0 bridgehead atoms. The Bertz CT molecular complexity index is 189. The summed E-state index contributed by atoms with van der Waals surface area (Å²) in [5, 5.41) is 6.41. The Balaban J connectivity index is 4.03. The molecule has 0 atom stereocenters. The maximum absolute atomic E-state index is 10.8. The van der Waals surface area contributed by atoms with E-state index >= 15 is 0 Å². The average Bonchev–Trinajstić information content (AvgIpc) is 1.83. The number of nitrogens with one attached hydrogen (secondary N) is 2. The van der Waals surface area contributed by atoms with Crippen LogP contribution in [0.1, 0.15) is 27.2 Å². The largest absolute Gasteiger partial charge is 0.366 e. The lowest BCUT2D eigenvalue weighted by molar-refractivity contribution is -0.118. The van der Waals surface area contributed by atoms with Gasteiger partial charge in [-0.25, -0.2) is 0 Å². The molecule has 0 amide bonds. The van der Waals surface area contributed by atoms with E-state index in [1.807, 2.05) is 13.8 Å². The first-order chi connectivity index (χ1) is 5.37. The SMILES string of the molecule is CNC(=S)NC(C)(C)CC(C)=O. The van der Waals surface area contributed by atoms with Gasteiger partial charge in [0.1, 0.15) is 5.78 Å². The van der Waals surface area contributed by atoms with E-state index in [4.69, 9.17) is 12.2 Å². The monoisotopic (exact) mass is 188 g/mol. The van der Waals surface area contributed by atoms with Crippen molar-refractivity contribution in [2.24, 2.45) is 0 Å². The molecule has 4 heteroatoms. The Kier molecular flexibility index (Phi) is 4.17. The summed E-state index contributed by atoms with van der Waals surface area (Å²) in [7, 11) is 1.75. The first-order valence-corrected chi connectivity index (χ1v) is 4.27. The van der Waals surface area contributed by atoms with Gasteiger partial charge in [0.2, 0.25) is 0 Å². The van der Waals surface area contributed by atoms with Crippen LogP contribution in [-0.2, 0) is 4.79 Å². The maximum atomic E-state index is 10.8. The minimum Gasteiger partial charge on any atom is -0.366 e. The van der Waals surface area contributed by atoms with E-state index in [2.05, 4.69) is 10.6 Å². The number of thiocarbonyl (C=S) groups is 1. The molecule has 0 aromatic carbocycles. The molecule has 0 saturated heterocycles. The summed E-state index contributed by atoms with van der Waals surface area (Å²) in [4.78, 5) is 10.8. The minimum atomic E-state index is -0.258. The van der Waals surface area contributed by atoms with E-state index in [1.165, 1.54) is 0 Å². The summed E-state index contributed by atoms with van der Waals surface area (Å²) < 4.78 is 0. The van der Waals surface area contributed by atoms with Crippen molar-refractivity contribution in [2.75, 3.05) is 7.05 Å². The Hall–Kier alpha value is -0.640. The molecular formula is C8H16N2OS. The molecule has 0 aromatic rings. The van der Waals surface area contributed by atoms with Crippen LogP contribution in [0.2, 0.25) is 0 Å². The first kappa shape index (κ1) is 11.4. The van der Waals surface area contributed by atoms with E-state index in [0.717, 1.165) is 0 Å². The van der Waals surface area contributed by atoms with Gasteiger partial charge in [0.05, 0.1) is 0 Å². The van der Waals surface area contributed by atoms with Crippen LogP contribution in [-0.4, -0.2) is 23.5 Å². The highest BCUT2D eigenvalue weighted by atomic mass is 32.1. The van der Waals surface area contributed by atoms with Gasteiger partial charge in [0.15, 0.2) is 5.11 Å². The molecule has 12 heavy (non-hydrogen) atoms. The molecule has 0 fully saturated rings. The molecule has 0 radical (unpaired) electrons. The number of hydrogen-bond donors (Lipinski definition) is 2. The fourth-order valence-electron chi connectivity index (χ4n) is 1.04. The van der Waals surface area contributed by atoms with Gasteiger partial charge in [-0.3, -0.25) is 4.79 Å². The van der Waals surface area contributed by atoms with Gasteiger partial charge < -0.3 is 10.6 Å². The molecule has 0 aliphatic heterocycles. The van der Waals surface area contributed by atoms with Crippen LogP contribution in [0.4, 0.5) is 0 Å². The number of Topliss-reactive ketones (excluding diaryl/α,β-unsaturated/α-hetero) is 1.